The minimum atomic E-state index is -4.89. The molecule has 0 aliphatic rings. The molecule has 1 nitrogen and oxygen atoms in total. The van der Waals surface area contributed by atoms with Crippen LogP contribution in [0.25, 0.3) is 0 Å². The quantitative estimate of drug-likeness (QED) is 0.546. The van der Waals surface area contributed by atoms with Crippen LogP contribution in [0.5, 0.6) is 0 Å². The number of benzene rings is 1. The Hall–Kier alpha value is -1.40. The molecule has 1 aromatic rings. The minimum absolute atomic E-state index is 0.145. The first-order valence-electron chi connectivity index (χ1n) is 4.08. The van der Waals surface area contributed by atoms with Crippen LogP contribution in [-0.4, -0.2) is 0 Å². The zero-order valence-corrected chi connectivity index (χ0v) is 8.00. The van der Waals surface area contributed by atoms with Gasteiger partial charge in [0.1, 0.15) is 0 Å². The van der Waals surface area contributed by atoms with Crippen LogP contribution in [0.15, 0.2) is 12.1 Å². The van der Waals surface area contributed by atoms with Gasteiger partial charge in [0.15, 0.2) is 0 Å². The highest BCUT2D eigenvalue weighted by molar-refractivity contribution is 5.58. The van der Waals surface area contributed by atoms with Crippen molar-refractivity contribution in [3.8, 4) is 0 Å². The lowest BCUT2D eigenvalue weighted by molar-refractivity contribution is -0.141. The molecule has 0 heterocycles. The predicted molar refractivity (Wildman–Crippen MR) is 45.6 cm³/mol. The average molecular weight is 243 g/mol. The van der Waals surface area contributed by atoms with Gasteiger partial charge in [0.25, 0.3) is 0 Å². The lowest BCUT2D eigenvalue weighted by atomic mass is 10.0. The van der Waals surface area contributed by atoms with Crippen molar-refractivity contribution in [3.05, 3.63) is 28.8 Å². The summed E-state index contributed by atoms with van der Waals surface area (Å²) in [5.41, 5.74) is 0.536. The van der Waals surface area contributed by atoms with Gasteiger partial charge >= 0.3 is 12.4 Å². The van der Waals surface area contributed by atoms with Gasteiger partial charge in [-0.1, -0.05) is 0 Å². The third-order valence-corrected chi connectivity index (χ3v) is 1.94. The lowest BCUT2D eigenvalue weighted by Crippen LogP contribution is -2.16. The topological polar surface area (TPSA) is 26.0 Å². The smallest absolute Gasteiger partial charge is 0.398 e. The fourth-order valence-corrected chi connectivity index (χ4v) is 1.27. The van der Waals surface area contributed by atoms with E-state index >= 15 is 0 Å². The van der Waals surface area contributed by atoms with Crippen molar-refractivity contribution in [3.63, 3.8) is 0 Å². The molecule has 0 unspecified atom stereocenters. The highest BCUT2D eigenvalue weighted by atomic mass is 19.4. The molecule has 7 heteroatoms. The number of hydrogen-bond donors (Lipinski definition) is 1. The number of hydrogen-bond acceptors (Lipinski definition) is 1. The van der Waals surface area contributed by atoms with E-state index in [0.29, 0.717) is 12.1 Å². The molecule has 1 aromatic carbocycles. The molecule has 1 rings (SSSR count). The summed E-state index contributed by atoms with van der Waals surface area (Å²) in [6, 6.07) is 1.18. The Morgan fingerprint density at radius 1 is 0.875 bits per heavy atom. The van der Waals surface area contributed by atoms with Gasteiger partial charge in [0, 0.05) is 0 Å². The molecule has 2 N–H and O–H groups in total. The van der Waals surface area contributed by atoms with Crippen LogP contribution >= 0.6 is 0 Å². The van der Waals surface area contributed by atoms with Gasteiger partial charge in [-0.25, -0.2) is 0 Å². The van der Waals surface area contributed by atoms with Crippen LogP contribution in [0.4, 0.5) is 32.0 Å². The summed E-state index contributed by atoms with van der Waals surface area (Å²) in [5, 5.41) is 0. The summed E-state index contributed by atoms with van der Waals surface area (Å²) in [5.74, 6) is 0. The van der Waals surface area contributed by atoms with E-state index < -0.39 is 29.2 Å². The largest absolute Gasteiger partial charge is 0.418 e. The summed E-state index contributed by atoms with van der Waals surface area (Å²) >= 11 is 0. The van der Waals surface area contributed by atoms with Crippen molar-refractivity contribution in [1.29, 1.82) is 0 Å². The van der Waals surface area contributed by atoms with E-state index in [9.17, 15) is 26.3 Å². The maximum absolute atomic E-state index is 12.3. The Balaban J connectivity index is 3.51. The molecular weight excluding hydrogens is 236 g/mol. The predicted octanol–water partition coefficient (Wildman–Crippen LogP) is 3.61. The van der Waals surface area contributed by atoms with E-state index in [1.54, 1.807) is 0 Å². The van der Waals surface area contributed by atoms with E-state index in [1.807, 2.05) is 0 Å². The third kappa shape index (κ3) is 2.40. The summed E-state index contributed by atoms with van der Waals surface area (Å²) in [4.78, 5) is 0. The number of halogens is 6. The second-order valence-corrected chi connectivity index (χ2v) is 3.27. The molecule has 90 valence electrons. The molecule has 0 bridgehead atoms. The van der Waals surface area contributed by atoms with Crippen molar-refractivity contribution in [1.82, 2.24) is 0 Å². The van der Waals surface area contributed by atoms with Crippen molar-refractivity contribution in [2.75, 3.05) is 5.73 Å². The minimum Gasteiger partial charge on any atom is -0.398 e. The molecule has 0 aliphatic carbocycles. The molecule has 16 heavy (non-hydrogen) atoms. The zero-order valence-electron chi connectivity index (χ0n) is 8.00. The number of aryl methyl sites for hydroxylation is 1. The van der Waals surface area contributed by atoms with Gasteiger partial charge in [-0.05, 0) is 24.6 Å². The standard InChI is InChI=1S/C9H7F6N/c1-4-2-5(8(10,11)12)7(16)6(3-4)9(13,14)15/h2-3H,16H2,1H3. The molecule has 0 radical (unpaired) electrons. The molecule has 0 aliphatic heterocycles. The van der Waals surface area contributed by atoms with Crippen molar-refractivity contribution < 1.29 is 26.3 Å². The molecule has 0 amide bonds. The fraction of sp³-hybridized carbons (Fsp3) is 0.333. The molecule has 0 atom stereocenters. The van der Waals surface area contributed by atoms with Crippen molar-refractivity contribution >= 4 is 5.69 Å². The van der Waals surface area contributed by atoms with Gasteiger partial charge in [-0.2, -0.15) is 26.3 Å². The Kier molecular flexibility index (Phi) is 2.82. The van der Waals surface area contributed by atoms with E-state index in [2.05, 4.69) is 0 Å². The molecule has 0 saturated heterocycles. The van der Waals surface area contributed by atoms with Crippen LogP contribution in [0, 0.1) is 6.92 Å². The molecule has 0 spiro atoms. The SMILES string of the molecule is Cc1cc(C(F)(F)F)c(N)c(C(F)(F)F)c1. The second kappa shape index (κ2) is 3.57. The van der Waals surface area contributed by atoms with Crippen LogP contribution < -0.4 is 5.73 Å². The number of alkyl halides is 6. The molecule has 0 fully saturated rings. The van der Waals surface area contributed by atoms with Crippen LogP contribution in [0.2, 0.25) is 0 Å². The monoisotopic (exact) mass is 243 g/mol. The first kappa shape index (κ1) is 12.7. The highest BCUT2D eigenvalue weighted by Crippen LogP contribution is 2.41. The first-order valence-corrected chi connectivity index (χ1v) is 4.08. The zero-order chi connectivity index (χ0) is 12.7. The lowest BCUT2D eigenvalue weighted by Gasteiger charge is -2.16. The van der Waals surface area contributed by atoms with E-state index in [1.165, 1.54) is 0 Å². The van der Waals surface area contributed by atoms with E-state index in [0.717, 1.165) is 6.92 Å². The van der Waals surface area contributed by atoms with Gasteiger partial charge in [0.2, 0.25) is 0 Å². The van der Waals surface area contributed by atoms with Crippen molar-refractivity contribution in [2.24, 2.45) is 0 Å². The molecule has 0 aromatic heterocycles. The number of rotatable bonds is 0. The van der Waals surface area contributed by atoms with Gasteiger partial charge < -0.3 is 5.73 Å². The normalized spacial score (nSPS) is 12.9. The molecular formula is C9H7F6N. The Bertz CT molecular complexity index is 368. The highest BCUT2D eigenvalue weighted by Gasteiger charge is 2.40. The maximum Gasteiger partial charge on any atom is 0.418 e. The van der Waals surface area contributed by atoms with E-state index in [-0.39, 0.29) is 5.56 Å². The first-order chi connectivity index (χ1) is 7.03. The Labute approximate surface area is 86.9 Å². The van der Waals surface area contributed by atoms with Crippen LogP contribution in [-0.2, 0) is 12.4 Å². The van der Waals surface area contributed by atoms with Crippen molar-refractivity contribution in [2.45, 2.75) is 19.3 Å². The van der Waals surface area contributed by atoms with Gasteiger partial charge in [-0.3, -0.25) is 0 Å². The van der Waals surface area contributed by atoms with Gasteiger partial charge in [-0.15, -0.1) is 0 Å². The van der Waals surface area contributed by atoms with E-state index in [4.69, 9.17) is 5.73 Å². The second-order valence-electron chi connectivity index (χ2n) is 3.27. The number of nitrogen functional groups attached to an aromatic ring is 1. The van der Waals surface area contributed by atoms with Crippen LogP contribution in [0.3, 0.4) is 0 Å². The Morgan fingerprint density at radius 2 is 1.19 bits per heavy atom. The maximum atomic E-state index is 12.3. The fourth-order valence-electron chi connectivity index (χ4n) is 1.27. The van der Waals surface area contributed by atoms with Crippen LogP contribution in [0.1, 0.15) is 16.7 Å². The summed E-state index contributed by atoms with van der Waals surface area (Å²) in [6.45, 7) is 1.14. The third-order valence-electron chi connectivity index (χ3n) is 1.94. The Morgan fingerprint density at radius 3 is 1.44 bits per heavy atom. The summed E-state index contributed by atoms with van der Waals surface area (Å²) < 4.78 is 74.1. The average Bonchev–Trinajstić information content (AvgIpc) is 2.04. The number of nitrogens with two attached hydrogens (primary N) is 1. The van der Waals surface area contributed by atoms with Gasteiger partial charge in [0.05, 0.1) is 16.8 Å². The number of anilines is 1. The summed E-state index contributed by atoms with van der Waals surface area (Å²) in [6.07, 6.45) is -9.79. The summed E-state index contributed by atoms with van der Waals surface area (Å²) in [7, 11) is 0. The molecule has 0 saturated carbocycles.